The zero-order valence-electron chi connectivity index (χ0n) is 17.5. The first-order valence-electron chi connectivity index (χ1n) is 10.9. The Balaban J connectivity index is 1.58. The molecule has 154 valence electrons. The van der Waals surface area contributed by atoms with E-state index in [9.17, 15) is 4.79 Å². The summed E-state index contributed by atoms with van der Waals surface area (Å²) in [6, 6.07) is 10.5. The lowest BCUT2D eigenvalue weighted by Gasteiger charge is -2.33. The predicted octanol–water partition coefficient (Wildman–Crippen LogP) is 4.00. The highest BCUT2D eigenvalue weighted by Crippen LogP contribution is 2.29. The number of nitrogens with one attached hydrogen (secondary N) is 1. The van der Waals surface area contributed by atoms with Crippen molar-refractivity contribution in [3.05, 3.63) is 41.6 Å². The molecule has 0 radical (unpaired) electrons. The number of benzene rings is 1. The molecule has 1 fully saturated rings. The van der Waals surface area contributed by atoms with Gasteiger partial charge in [-0.15, -0.1) is 0 Å². The molecule has 6 nitrogen and oxygen atoms in total. The van der Waals surface area contributed by atoms with Crippen molar-refractivity contribution in [1.29, 1.82) is 0 Å². The lowest BCUT2D eigenvalue weighted by molar-refractivity contribution is 0.184. The van der Waals surface area contributed by atoms with Crippen molar-refractivity contribution >= 4 is 11.8 Å². The first-order valence-corrected chi connectivity index (χ1v) is 10.9. The van der Waals surface area contributed by atoms with Crippen LogP contribution in [0, 0.1) is 0 Å². The highest BCUT2D eigenvalue weighted by molar-refractivity contribution is 5.75. The fourth-order valence-corrected chi connectivity index (χ4v) is 4.26. The van der Waals surface area contributed by atoms with Crippen LogP contribution >= 0.6 is 0 Å². The van der Waals surface area contributed by atoms with Crippen molar-refractivity contribution in [2.45, 2.75) is 58.0 Å². The highest BCUT2D eigenvalue weighted by Gasteiger charge is 2.28. The van der Waals surface area contributed by atoms with Crippen LogP contribution in [-0.4, -0.2) is 47.1 Å². The molecule has 1 aliphatic heterocycles. The molecule has 2 aliphatic rings. The molecule has 0 spiro atoms. The SMILES string of the molecule is CCN(C)c1nc(-c2ccccc2)nc2c1CN(C(=O)NC1CCCCC1)CC2. The minimum absolute atomic E-state index is 0.0554. The van der Waals surface area contributed by atoms with Crippen LogP contribution in [0.15, 0.2) is 30.3 Å². The van der Waals surface area contributed by atoms with Gasteiger partial charge in [0.15, 0.2) is 5.82 Å². The van der Waals surface area contributed by atoms with Crippen molar-refractivity contribution in [1.82, 2.24) is 20.2 Å². The summed E-state index contributed by atoms with van der Waals surface area (Å²) in [6.45, 7) is 4.24. The van der Waals surface area contributed by atoms with E-state index < -0.39 is 0 Å². The van der Waals surface area contributed by atoms with Gasteiger partial charge >= 0.3 is 6.03 Å². The summed E-state index contributed by atoms with van der Waals surface area (Å²) in [5, 5.41) is 3.25. The third-order valence-corrected chi connectivity index (χ3v) is 6.13. The van der Waals surface area contributed by atoms with Gasteiger partial charge in [-0.05, 0) is 19.8 Å². The van der Waals surface area contributed by atoms with E-state index >= 15 is 0 Å². The van der Waals surface area contributed by atoms with Crippen molar-refractivity contribution in [2.75, 3.05) is 25.0 Å². The highest BCUT2D eigenvalue weighted by atomic mass is 16.2. The second kappa shape index (κ2) is 8.80. The van der Waals surface area contributed by atoms with E-state index in [-0.39, 0.29) is 6.03 Å². The minimum Gasteiger partial charge on any atom is -0.360 e. The molecular formula is C23H31N5O. The van der Waals surface area contributed by atoms with E-state index in [1.807, 2.05) is 35.2 Å². The summed E-state index contributed by atoms with van der Waals surface area (Å²) < 4.78 is 0. The molecule has 1 aromatic heterocycles. The summed E-state index contributed by atoms with van der Waals surface area (Å²) in [4.78, 5) is 26.7. The van der Waals surface area contributed by atoms with Crippen LogP contribution in [0.2, 0.25) is 0 Å². The standard InChI is InChI=1S/C23H31N5O/c1-3-27(2)22-19-16-28(23(29)24-18-12-8-5-9-13-18)15-14-20(19)25-21(26-22)17-10-6-4-7-11-17/h4,6-7,10-11,18H,3,5,8-9,12-16H2,1-2H3,(H,24,29). The molecule has 2 heterocycles. The van der Waals surface area contributed by atoms with Crippen molar-refractivity contribution in [3.63, 3.8) is 0 Å². The van der Waals surface area contributed by atoms with Crippen molar-refractivity contribution < 1.29 is 4.79 Å². The summed E-state index contributed by atoms with van der Waals surface area (Å²) in [5.41, 5.74) is 3.17. The van der Waals surface area contributed by atoms with Crippen molar-refractivity contribution in [2.24, 2.45) is 0 Å². The maximum atomic E-state index is 12.9. The van der Waals surface area contributed by atoms with Crippen LogP contribution in [0.25, 0.3) is 11.4 Å². The van der Waals surface area contributed by atoms with Gasteiger partial charge in [-0.2, -0.15) is 0 Å². The van der Waals surface area contributed by atoms with Crippen molar-refractivity contribution in [3.8, 4) is 11.4 Å². The van der Waals surface area contributed by atoms with E-state index in [1.165, 1.54) is 19.3 Å². The Morgan fingerprint density at radius 3 is 2.66 bits per heavy atom. The number of urea groups is 1. The quantitative estimate of drug-likeness (QED) is 0.853. The van der Waals surface area contributed by atoms with Gasteiger partial charge in [0.1, 0.15) is 5.82 Å². The summed E-state index contributed by atoms with van der Waals surface area (Å²) in [6.07, 6.45) is 6.69. The van der Waals surface area contributed by atoms with Gasteiger partial charge < -0.3 is 15.1 Å². The topological polar surface area (TPSA) is 61.4 Å². The molecule has 1 saturated carbocycles. The summed E-state index contributed by atoms with van der Waals surface area (Å²) in [7, 11) is 2.05. The molecule has 4 rings (SSSR count). The predicted molar refractivity (Wildman–Crippen MR) is 116 cm³/mol. The third-order valence-electron chi connectivity index (χ3n) is 6.13. The number of carbonyl (C=O) groups is 1. The molecule has 1 N–H and O–H groups in total. The zero-order valence-corrected chi connectivity index (χ0v) is 17.5. The van der Waals surface area contributed by atoms with Gasteiger partial charge in [0.25, 0.3) is 0 Å². The van der Waals surface area contributed by atoms with E-state index in [0.717, 1.165) is 54.3 Å². The number of anilines is 1. The van der Waals surface area contributed by atoms with Gasteiger partial charge in [0.05, 0.1) is 12.2 Å². The van der Waals surface area contributed by atoms with E-state index in [4.69, 9.17) is 9.97 Å². The van der Waals surface area contributed by atoms with Crippen LogP contribution in [0.4, 0.5) is 10.6 Å². The van der Waals surface area contributed by atoms with E-state index in [2.05, 4.69) is 24.2 Å². The fourth-order valence-electron chi connectivity index (χ4n) is 4.26. The number of amides is 2. The molecule has 0 atom stereocenters. The Morgan fingerprint density at radius 1 is 1.17 bits per heavy atom. The van der Waals surface area contributed by atoms with Crippen LogP contribution < -0.4 is 10.2 Å². The fraction of sp³-hybridized carbons (Fsp3) is 0.522. The van der Waals surface area contributed by atoms with Crippen LogP contribution in [-0.2, 0) is 13.0 Å². The van der Waals surface area contributed by atoms with Gasteiger partial charge in [0, 0.05) is 43.7 Å². The monoisotopic (exact) mass is 393 g/mol. The normalized spacial score (nSPS) is 17.0. The maximum absolute atomic E-state index is 12.9. The molecule has 6 heteroatoms. The Labute approximate surface area is 173 Å². The average molecular weight is 394 g/mol. The first kappa shape index (κ1) is 19.7. The number of nitrogens with zero attached hydrogens (tertiary/aromatic N) is 4. The van der Waals surface area contributed by atoms with Crippen LogP contribution in [0.1, 0.15) is 50.3 Å². The molecule has 1 aromatic carbocycles. The number of hydrogen-bond acceptors (Lipinski definition) is 4. The second-order valence-electron chi connectivity index (χ2n) is 8.13. The Bertz CT molecular complexity index is 848. The molecule has 0 unspecified atom stereocenters. The van der Waals surface area contributed by atoms with Gasteiger partial charge in [-0.3, -0.25) is 0 Å². The summed E-state index contributed by atoms with van der Waals surface area (Å²) >= 11 is 0. The minimum atomic E-state index is 0.0554. The number of aromatic nitrogens is 2. The van der Waals surface area contributed by atoms with E-state index in [0.29, 0.717) is 19.1 Å². The molecule has 29 heavy (non-hydrogen) atoms. The Hall–Kier alpha value is -2.63. The van der Waals surface area contributed by atoms with Crippen LogP contribution in [0.5, 0.6) is 0 Å². The zero-order chi connectivity index (χ0) is 20.2. The maximum Gasteiger partial charge on any atom is 0.317 e. The molecule has 2 amide bonds. The summed E-state index contributed by atoms with van der Waals surface area (Å²) in [5.74, 6) is 1.70. The number of rotatable bonds is 4. The average Bonchev–Trinajstić information content (AvgIpc) is 2.78. The van der Waals surface area contributed by atoms with Crippen LogP contribution in [0.3, 0.4) is 0 Å². The van der Waals surface area contributed by atoms with Gasteiger partial charge in [-0.25, -0.2) is 14.8 Å². The molecule has 1 aliphatic carbocycles. The largest absolute Gasteiger partial charge is 0.360 e. The number of carbonyl (C=O) groups excluding carboxylic acids is 1. The smallest absolute Gasteiger partial charge is 0.317 e. The molecule has 0 bridgehead atoms. The molecule has 0 saturated heterocycles. The molecular weight excluding hydrogens is 362 g/mol. The number of hydrogen-bond donors (Lipinski definition) is 1. The lowest BCUT2D eigenvalue weighted by atomic mass is 9.95. The molecule has 2 aromatic rings. The third kappa shape index (κ3) is 4.36. The second-order valence-corrected chi connectivity index (χ2v) is 8.13. The first-order chi connectivity index (χ1) is 14.2. The van der Waals surface area contributed by atoms with E-state index in [1.54, 1.807) is 0 Å². The number of fused-ring (bicyclic) bond motifs is 1. The van der Waals surface area contributed by atoms with Gasteiger partial charge in [-0.1, -0.05) is 49.6 Å². The Morgan fingerprint density at radius 2 is 1.93 bits per heavy atom. The Kier molecular flexibility index (Phi) is 5.97. The van der Waals surface area contributed by atoms with Gasteiger partial charge in [0.2, 0.25) is 0 Å². The lowest BCUT2D eigenvalue weighted by Crippen LogP contribution is -2.47.